The molecule has 2 heterocycles. The van der Waals surface area contributed by atoms with Crippen LogP contribution < -0.4 is 21.3 Å². The summed E-state index contributed by atoms with van der Waals surface area (Å²) >= 11 is 0. The molecule has 9 heteroatoms. The van der Waals surface area contributed by atoms with Gasteiger partial charge in [0.2, 0.25) is 15.9 Å². The molecule has 8 nitrogen and oxygen atoms in total. The number of nitrogens with two attached hydrogens (primary N) is 1. The van der Waals surface area contributed by atoms with Crippen LogP contribution in [0.2, 0.25) is 0 Å². The number of anilines is 3. The molecule has 0 spiro atoms. The molecule has 4 rings (SSSR count). The van der Waals surface area contributed by atoms with E-state index in [4.69, 9.17) is 5.73 Å². The lowest BCUT2D eigenvalue weighted by atomic mass is 10.1. The van der Waals surface area contributed by atoms with Gasteiger partial charge in [0.05, 0.1) is 5.75 Å². The zero-order valence-corrected chi connectivity index (χ0v) is 18.5. The van der Waals surface area contributed by atoms with Crippen LogP contribution >= 0.6 is 0 Å². The normalized spacial score (nSPS) is 19.0. The Bertz CT molecular complexity index is 1060. The van der Waals surface area contributed by atoms with E-state index in [0.29, 0.717) is 32.6 Å². The van der Waals surface area contributed by atoms with E-state index in [1.165, 1.54) is 4.31 Å². The summed E-state index contributed by atoms with van der Waals surface area (Å²) in [6, 6.07) is 13.5. The van der Waals surface area contributed by atoms with Crippen LogP contribution in [-0.2, 0) is 21.2 Å². The molecule has 2 aromatic rings. The molecule has 0 bridgehead atoms. The van der Waals surface area contributed by atoms with Crippen LogP contribution in [-0.4, -0.2) is 63.1 Å². The molecule has 1 unspecified atom stereocenters. The lowest BCUT2D eigenvalue weighted by molar-refractivity contribution is -0.116. The summed E-state index contributed by atoms with van der Waals surface area (Å²) in [5, 5.41) is 6.36. The number of nitrogens with one attached hydrogen (secondary N) is 2. The highest BCUT2D eigenvalue weighted by Crippen LogP contribution is 2.30. The SMILES string of the molecule is Cc1cccc2c1NC(C(=O)Nc1cccc(N3CCN(S(=O)(=O)CCN)CC3)c1)C2. The van der Waals surface area contributed by atoms with Crippen molar-refractivity contribution in [3.63, 3.8) is 0 Å². The Kier molecular flexibility index (Phi) is 6.17. The standard InChI is InChI=1S/C22H29N5O3S/c1-16-4-2-5-17-14-20(25-21(16)17)22(28)24-18-6-3-7-19(15-18)26-9-11-27(12-10-26)31(29,30)13-8-23/h2-7,15,20,25H,8-14,23H2,1H3,(H,24,28). The van der Waals surface area contributed by atoms with Crippen molar-refractivity contribution in [3.05, 3.63) is 53.6 Å². The highest BCUT2D eigenvalue weighted by Gasteiger charge is 2.28. The summed E-state index contributed by atoms with van der Waals surface area (Å²) in [4.78, 5) is 15.0. The number of amides is 1. The maximum absolute atomic E-state index is 12.8. The molecule has 2 aliphatic rings. The molecule has 31 heavy (non-hydrogen) atoms. The van der Waals surface area contributed by atoms with Gasteiger partial charge in [0.1, 0.15) is 6.04 Å². The maximum atomic E-state index is 12.8. The van der Waals surface area contributed by atoms with Crippen molar-refractivity contribution in [2.75, 3.05) is 54.0 Å². The Labute approximate surface area is 183 Å². The minimum absolute atomic E-state index is 0.0207. The Balaban J connectivity index is 1.37. The number of hydrogen-bond acceptors (Lipinski definition) is 6. The van der Waals surface area contributed by atoms with Gasteiger partial charge in [-0.2, -0.15) is 4.31 Å². The third kappa shape index (κ3) is 4.68. The second-order valence-corrected chi connectivity index (χ2v) is 10.1. The number of para-hydroxylation sites is 1. The fourth-order valence-electron chi connectivity index (χ4n) is 4.22. The van der Waals surface area contributed by atoms with Gasteiger partial charge in [0.25, 0.3) is 0 Å². The van der Waals surface area contributed by atoms with E-state index in [2.05, 4.69) is 21.6 Å². The highest BCUT2D eigenvalue weighted by molar-refractivity contribution is 7.89. The first-order valence-electron chi connectivity index (χ1n) is 10.6. The molecule has 0 saturated carbocycles. The van der Waals surface area contributed by atoms with Crippen LogP contribution in [0.4, 0.5) is 17.1 Å². The van der Waals surface area contributed by atoms with Crippen molar-refractivity contribution < 1.29 is 13.2 Å². The molecule has 0 aromatic heterocycles. The number of piperazine rings is 1. The Hall–Kier alpha value is -2.62. The number of fused-ring (bicyclic) bond motifs is 1. The number of rotatable bonds is 6. The first-order chi connectivity index (χ1) is 14.9. The average Bonchev–Trinajstić information content (AvgIpc) is 3.20. The smallest absolute Gasteiger partial charge is 0.247 e. The number of hydrogen-bond donors (Lipinski definition) is 3. The maximum Gasteiger partial charge on any atom is 0.247 e. The molecule has 0 aliphatic carbocycles. The topological polar surface area (TPSA) is 108 Å². The number of nitrogens with zero attached hydrogens (tertiary/aromatic N) is 2. The summed E-state index contributed by atoms with van der Waals surface area (Å²) in [5.41, 5.74) is 10.5. The van der Waals surface area contributed by atoms with Crippen LogP contribution in [0.3, 0.4) is 0 Å². The molecule has 4 N–H and O–H groups in total. The van der Waals surface area contributed by atoms with Crippen LogP contribution in [0.5, 0.6) is 0 Å². The molecule has 2 aromatic carbocycles. The molecule has 0 radical (unpaired) electrons. The minimum Gasteiger partial charge on any atom is -0.373 e. The Morgan fingerprint density at radius 3 is 2.61 bits per heavy atom. The van der Waals surface area contributed by atoms with Crippen molar-refractivity contribution in [3.8, 4) is 0 Å². The van der Waals surface area contributed by atoms with E-state index in [-0.39, 0.29) is 24.2 Å². The number of benzene rings is 2. The van der Waals surface area contributed by atoms with Gasteiger partial charge in [-0.05, 0) is 36.2 Å². The predicted molar refractivity (Wildman–Crippen MR) is 124 cm³/mol. The fraction of sp³-hybridized carbons (Fsp3) is 0.409. The lowest BCUT2D eigenvalue weighted by Gasteiger charge is -2.35. The van der Waals surface area contributed by atoms with E-state index in [1.54, 1.807) is 0 Å². The Morgan fingerprint density at radius 1 is 1.16 bits per heavy atom. The Morgan fingerprint density at radius 2 is 1.90 bits per heavy atom. The van der Waals surface area contributed by atoms with E-state index in [9.17, 15) is 13.2 Å². The quantitative estimate of drug-likeness (QED) is 0.623. The van der Waals surface area contributed by atoms with Crippen LogP contribution in [0.1, 0.15) is 11.1 Å². The van der Waals surface area contributed by atoms with Crippen LogP contribution in [0, 0.1) is 6.92 Å². The van der Waals surface area contributed by atoms with Gasteiger partial charge in [-0.1, -0.05) is 24.3 Å². The zero-order valence-electron chi connectivity index (χ0n) is 17.7. The molecule has 166 valence electrons. The number of aryl methyl sites for hydroxylation is 1. The highest BCUT2D eigenvalue weighted by atomic mass is 32.2. The average molecular weight is 444 g/mol. The van der Waals surface area contributed by atoms with Crippen molar-refractivity contribution in [2.24, 2.45) is 5.73 Å². The molecule has 1 fully saturated rings. The fourth-order valence-corrected chi connectivity index (χ4v) is 5.50. The first-order valence-corrected chi connectivity index (χ1v) is 12.2. The van der Waals surface area contributed by atoms with Crippen molar-refractivity contribution in [2.45, 2.75) is 19.4 Å². The summed E-state index contributed by atoms with van der Waals surface area (Å²) in [6.45, 7) is 4.23. The molecule has 1 atom stereocenters. The van der Waals surface area contributed by atoms with Gasteiger partial charge >= 0.3 is 0 Å². The predicted octanol–water partition coefficient (Wildman–Crippen LogP) is 1.38. The molecular weight excluding hydrogens is 414 g/mol. The summed E-state index contributed by atoms with van der Waals surface area (Å²) in [7, 11) is -3.28. The number of carbonyl (C=O) groups excluding carboxylic acids is 1. The monoisotopic (exact) mass is 443 g/mol. The van der Waals surface area contributed by atoms with Gasteiger partial charge in [-0.15, -0.1) is 0 Å². The van der Waals surface area contributed by atoms with Crippen molar-refractivity contribution in [1.82, 2.24) is 4.31 Å². The second kappa shape index (κ2) is 8.86. The number of sulfonamides is 1. The van der Waals surface area contributed by atoms with Crippen LogP contribution in [0.25, 0.3) is 0 Å². The largest absolute Gasteiger partial charge is 0.373 e. The zero-order chi connectivity index (χ0) is 22.0. The third-order valence-electron chi connectivity index (χ3n) is 5.90. The molecule has 1 amide bonds. The van der Waals surface area contributed by atoms with E-state index >= 15 is 0 Å². The summed E-state index contributed by atoms with van der Waals surface area (Å²) in [5.74, 6) is -0.0851. The van der Waals surface area contributed by atoms with Crippen LogP contribution in [0.15, 0.2) is 42.5 Å². The number of carbonyl (C=O) groups is 1. The summed E-state index contributed by atoms with van der Waals surface area (Å²) < 4.78 is 25.9. The lowest BCUT2D eigenvalue weighted by Crippen LogP contribution is -2.49. The van der Waals surface area contributed by atoms with Crippen molar-refractivity contribution >= 4 is 33.0 Å². The van der Waals surface area contributed by atoms with Gasteiger partial charge in [0, 0.05) is 56.2 Å². The van der Waals surface area contributed by atoms with Crippen molar-refractivity contribution in [1.29, 1.82) is 0 Å². The van der Waals surface area contributed by atoms with E-state index < -0.39 is 10.0 Å². The first kappa shape index (κ1) is 21.6. The van der Waals surface area contributed by atoms with E-state index in [1.807, 2.05) is 43.3 Å². The second-order valence-electron chi connectivity index (χ2n) is 8.04. The summed E-state index contributed by atoms with van der Waals surface area (Å²) in [6.07, 6.45) is 0.668. The van der Waals surface area contributed by atoms with Gasteiger partial charge in [-0.3, -0.25) is 4.79 Å². The molecule has 1 saturated heterocycles. The molecular formula is C22H29N5O3S. The molecule has 2 aliphatic heterocycles. The third-order valence-corrected chi connectivity index (χ3v) is 7.81. The minimum atomic E-state index is -3.28. The van der Waals surface area contributed by atoms with E-state index in [0.717, 1.165) is 28.2 Å². The van der Waals surface area contributed by atoms with Gasteiger partial charge in [-0.25, -0.2) is 8.42 Å². The van der Waals surface area contributed by atoms with Gasteiger partial charge < -0.3 is 21.3 Å². The van der Waals surface area contributed by atoms with Gasteiger partial charge in [0.15, 0.2) is 0 Å².